The lowest BCUT2D eigenvalue weighted by molar-refractivity contribution is -0.159. The number of rotatable bonds is 14. The molecule has 0 bridgehead atoms. The van der Waals surface area contributed by atoms with Crippen molar-refractivity contribution in [2.24, 2.45) is 0 Å². The van der Waals surface area contributed by atoms with Crippen LogP contribution in [0.3, 0.4) is 0 Å². The third kappa shape index (κ3) is 7.80. The van der Waals surface area contributed by atoms with E-state index in [-0.39, 0.29) is 43.6 Å². The van der Waals surface area contributed by atoms with Crippen molar-refractivity contribution in [3.63, 3.8) is 0 Å². The van der Waals surface area contributed by atoms with Crippen molar-refractivity contribution < 1.29 is 19.1 Å². The zero-order chi connectivity index (χ0) is 31.5. The minimum Gasteiger partial charge on any atom is -0.451 e. The van der Waals surface area contributed by atoms with Crippen LogP contribution in [0.5, 0.6) is 0 Å². The second-order valence-corrected chi connectivity index (χ2v) is 10.8. The summed E-state index contributed by atoms with van der Waals surface area (Å²) in [6.07, 6.45) is 0.176. The Balaban J connectivity index is 1.48. The molecule has 0 aliphatic rings. The smallest absolute Gasteiger partial charge is 0.306 e. The molecule has 6 nitrogen and oxygen atoms in total. The van der Waals surface area contributed by atoms with Crippen LogP contribution >= 0.6 is 0 Å². The van der Waals surface area contributed by atoms with Crippen molar-refractivity contribution in [1.82, 2.24) is 5.32 Å². The summed E-state index contributed by atoms with van der Waals surface area (Å²) < 4.78 is 6.25. The predicted molar refractivity (Wildman–Crippen MR) is 178 cm³/mol. The lowest BCUT2D eigenvalue weighted by Crippen LogP contribution is -2.48. The molecule has 0 saturated carbocycles. The number of hydrogen-bond acceptors (Lipinski definition) is 6. The van der Waals surface area contributed by atoms with Gasteiger partial charge in [-0.3, -0.25) is 14.4 Å². The summed E-state index contributed by atoms with van der Waals surface area (Å²) in [4.78, 5) is 39.4. The Morgan fingerprint density at radius 1 is 0.622 bits per heavy atom. The van der Waals surface area contributed by atoms with E-state index in [1.165, 1.54) is 0 Å². The van der Waals surface area contributed by atoms with Gasteiger partial charge in [0.25, 0.3) is 0 Å². The third-order valence-electron chi connectivity index (χ3n) is 7.68. The van der Waals surface area contributed by atoms with E-state index in [9.17, 15) is 14.4 Å². The third-order valence-corrected chi connectivity index (χ3v) is 7.68. The number of nitrogens with one attached hydrogen (secondary N) is 2. The van der Waals surface area contributed by atoms with Crippen molar-refractivity contribution in [3.05, 3.63) is 162 Å². The number of carbonyl (C=O) groups is 3. The van der Waals surface area contributed by atoms with Gasteiger partial charge in [0.1, 0.15) is 0 Å². The van der Waals surface area contributed by atoms with E-state index in [0.29, 0.717) is 22.4 Å². The minimum atomic E-state index is -1.21. The van der Waals surface area contributed by atoms with E-state index >= 15 is 0 Å². The molecule has 5 rings (SSSR count). The SMILES string of the molecule is CCC(=O)OC(CNCC(=O)c1ccccc1)(CNc1ccccc1C(=O)c1ccccc1)c1ccc(-c2ccccc2)cc1. The maximum Gasteiger partial charge on any atom is 0.306 e. The highest BCUT2D eigenvalue weighted by Gasteiger charge is 2.37. The zero-order valence-electron chi connectivity index (χ0n) is 25.2. The van der Waals surface area contributed by atoms with Crippen LogP contribution in [0.15, 0.2) is 140 Å². The Hall–Kier alpha value is -5.33. The van der Waals surface area contributed by atoms with Gasteiger partial charge in [0.05, 0.1) is 13.1 Å². The molecule has 0 aromatic heterocycles. The largest absolute Gasteiger partial charge is 0.451 e. The Morgan fingerprint density at radius 2 is 1.18 bits per heavy atom. The van der Waals surface area contributed by atoms with Gasteiger partial charge in [-0.05, 0) is 28.8 Å². The Bertz CT molecular complexity index is 1720. The first-order valence-electron chi connectivity index (χ1n) is 15.1. The van der Waals surface area contributed by atoms with Gasteiger partial charge < -0.3 is 15.4 Å². The number of benzene rings is 5. The molecule has 0 heterocycles. The Labute approximate surface area is 264 Å². The van der Waals surface area contributed by atoms with Crippen LogP contribution in [-0.4, -0.2) is 37.2 Å². The molecule has 0 aliphatic heterocycles. The quantitative estimate of drug-likeness (QED) is 0.103. The van der Waals surface area contributed by atoms with E-state index in [1.807, 2.05) is 109 Å². The monoisotopic (exact) mass is 596 g/mol. The summed E-state index contributed by atoms with van der Waals surface area (Å²) in [5.41, 5.74) is 3.93. The second kappa shape index (κ2) is 14.9. The van der Waals surface area contributed by atoms with Gasteiger partial charge in [-0.15, -0.1) is 0 Å². The molecule has 2 N–H and O–H groups in total. The molecule has 0 fully saturated rings. The molecular formula is C39H36N2O4. The zero-order valence-corrected chi connectivity index (χ0v) is 25.2. The number of esters is 1. The number of ether oxygens (including phenoxy) is 1. The van der Waals surface area contributed by atoms with Crippen molar-refractivity contribution in [1.29, 1.82) is 0 Å². The van der Waals surface area contributed by atoms with Crippen LogP contribution in [0, 0.1) is 0 Å². The minimum absolute atomic E-state index is 0.0562. The van der Waals surface area contributed by atoms with Crippen molar-refractivity contribution in [2.75, 3.05) is 25.0 Å². The summed E-state index contributed by atoms with van der Waals surface area (Å²) in [5.74, 6) is -0.570. The lowest BCUT2D eigenvalue weighted by Gasteiger charge is -2.35. The number of ketones is 2. The van der Waals surface area contributed by atoms with E-state index in [1.54, 1.807) is 37.3 Å². The molecule has 0 spiro atoms. The summed E-state index contributed by atoms with van der Waals surface area (Å²) in [6, 6.07) is 43.4. The number of hydrogen-bond donors (Lipinski definition) is 2. The van der Waals surface area contributed by atoms with Gasteiger partial charge >= 0.3 is 5.97 Å². The average Bonchev–Trinajstić information content (AvgIpc) is 3.11. The second-order valence-electron chi connectivity index (χ2n) is 10.8. The van der Waals surface area contributed by atoms with Crippen LogP contribution in [-0.2, 0) is 15.1 Å². The van der Waals surface area contributed by atoms with E-state index in [0.717, 1.165) is 16.7 Å². The van der Waals surface area contributed by atoms with Gasteiger partial charge in [0.2, 0.25) is 0 Å². The molecule has 45 heavy (non-hydrogen) atoms. The van der Waals surface area contributed by atoms with Crippen LogP contribution in [0.2, 0.25) is 0 Å². The number of carbonyl (C=O) groups excluding carboxylic acids is 3. The van der Waals surface area contributed by atoms with Crippen LogP contribution < -0.4 is 10.6 Å². The predicted octanol–water partition coefficient (Wildman–Crippen LogP) is 7.32. The Morgan fingerprint density at radius 3 is 1.82 bits per heavy atom. The standard InChI is InChI=1S/C39H36N2O4/c1-2-37(43)45-39(27-40-26-36(42)31-16-8-4-9-17-31,33-24-22-30(23-25-33)29-14-6-3-7-15-29)28-41-35-21-13-12-20-34(35)38(44)32-18-10-5-11-19-32/h3-25,40-41H,2,26-28H2,1H3. The highest BCUT2D eigenvalue weighted by Crippen LogP contribution is 2.31. The van der Waals surface area contributed by atoms with Gasteiger partial charge in [-0.2, -0.15) is 0 Å². The van der Waals surface area contributed by atoms with Gasteiger partial charge in [-0.1, -0.05) is 134 Å². The fourth-order valence-corrected chi connectivity index (χ4v) is 5.21. The molecule has 1 atom stereocenters. The average molecular weight is 597 g/mol. The summed E-state index contributed by atoms with van der Waals surface area (Å²) >= 11 is 0. The van der Waals surface area contributed by atoms with E-state index < -0.39 is 5.60 Å². The molecule has 5 aromatic rings. The highest BCUT2D eigenvalue weighted by atomic mass is 16.6. The van der Waals surface area contributed by atoms with Crippen molar-refractivity contribution >= 4 is 23.2 Å². The lowest BCUT2D eigenvalue weighted by atomic mass is 9.90. The fourth-order valence-electron chi connectivity index (χ4n) is 5.21. The number of anilines is 1. The summed E-state index contributed by atoms with van der Waals surface area (Å²) in [6.45, 7) is 2.11. The first-order chi connectivity index (χ1) is 22.0. The molecule has 6 heteroatoms. The fraction of sp³-hybridized carbons (Fsp3) is 0.154. The molecule has 5 aromatic carbocycles. The molecule has 226 valence electrons. The van der Waals surface area contributed by atoms with E-state index in [2.05, 4.69) is 10.6 Å². The maximum atomic E-state index is 13.5. The van der Waals surface area contributed by atoms with Crippen LogP contribution in [0.1, 0.15) is 45.2 Å². The van der Waals surface area contributed by atoms with E-state index in [4.69, 9.17) is 4.74 Å². The van der Waals surface area contributed by atoms with Gasteiger partial charge in [-0.25, -0.2) is 0 Å². The van der Waals surface area contributed by atoms with Crippen LogP contribution in [0.4, 0.5) is 5.69 Å². The molecule has 0 saturated heterocycles. The summed E-state index contributed by atoms with van der Waals surface area (Å²) in [5, 5.41) is 6.69. The van der Waals surface area contributed by atoms with Crippen molar-refractivity contribution in [3.8, 4) is 11.1 Å². The normalized spacial score (nSPS) is 12.1. The number of para-hydroxylation sites is 1. The van der Waals surface area contributed by atoms with Gasteiger partial charge in [0, 0.05) is 35.3 Å². The van der Waals surface area contributed by atoms with Crippen LogP contribution in [0.25, 0.3) is 11.1 Å². The molecule has 0 radical (unpaired) electrons. The van der Waals surface area contributed by atoms with Gasteiger partial charge in [0.15, 0.2) is 17.2 Å². The first-order valence-corrected chi connectivity index (χ1v) is 15.1. The van der Waals surface area contributed by atoms with Crippen molar-refractivity contribution in [2.45, 2.75) is 18.9 Å². The molecule has 0 amide bonds. The molecule has 0 aliphatic carbocycles. The topological polar surface area (TPSA) is 84.5 Å². The highest BCUT2D eigenvalue weighted by molar-refractivity contribution is 6.12. The maximum absolute atomic E-state index is 13.5. The molecule has 1 unspecified atom stereocenters. The molecular weight excluding hydrogens is 560 g/mol. The Kier molecular flexibility index (Phi) is 10.3. The first kappa shape index (κ1) is 31.1. The summed E-state index contributed by atoms with van der Waals surface area (Å²) in [7, 11) is 0. The number of Topliss-reactive ketones (excluding diaryl/α,β-unsaturated/α-hetero) is 1.